The summed E-state index contributed by atoms with van der Waals surface area (Å²) in [7, 11) is 0. The minimum Gasteiger partial charge on any atom is -0.477 e. The number of nitrogens with zero attached hydrogens (tertiary/aromatic N) is 1. The van der Waals surface area contributed by atoms with Gasteiger partial charge in [0.05, 0.1) is 12.0 Å². The molecule has 1 aromatic heterocycles. The third-order valence-electron chi connectivity index (χ3n) is 2.39. The van der Waals surface area contributed by atoms with Crippen molar-refractivity contribution in [1.29, 1.82) is 0 Å². The number of benzene rings is 1. The van der Waals surface area contributed by atoms with Crippen molar-refractivity contribution < 1.29 is 14.2 Å². The van der Waals surface area contributed by atoms with Crippen molar-refractivity contribution in [1.82, 2.24) is 4.98 Å². The molecule has 0 saturated carbocycles. The van der Waals surface area contributed by atoms with Gasteiger partial charge in [-0.25, -0.2) is 4.98 Å². The summed E-state index contributed by atoms with van der Waals surface area (Å²) in [5.74, 6) is 2.23. The summed E-state index contributed by atoms with van der Waals surface area (Å²) < 4.78 is 16.0. The van der Waals surface area contributed by atoms with Crippen LogP contribution in [-0.4, -0.2) is 18.4 Å². The maximum absolute atomic E-state index is 5.34. The minimum atomic E-state index is 0.293. The Morgan fingerprint density at radius 1 is 1.35 bits per heavy atom. The second kappa shape index (κ2) is 4.25. The van der Waals surface area contributed by atoms with E-state index in [1.165, 1.54) is 0 Å². The second-order valence-electron chi connectivity index (χ2n) is 3.49. The number of hydrogen-bond acceptors (Lipinski definition) is 5. The third-order valence-corrected chi connectivity index (χ3v) is 3.26. The largest absolute Gasteiger partial charge is 0.477 e. The second-order valence-corrected chi connectivity index (χ2v) is 4.35. The molecule has 0 saturated heterocycles. The molecule has 3 rings (SSSR count). The molecule has 88 valence electrons. The Kier molecular flexibility index (Phi) is 2.60. The highest BCUT2D eigenvalue weighted by Crippen LogP contribution is 2.37. The topological polar surface area (TPSA) is 40.6 Å². The lowest BCUT2D eigenvalue weighted by atomic mass is 10.2. The van der Waals surface area contributed by atoms with Crippen LogP contribution in [0.25, 0.3) is 10.6 Å². The molecule has 0 aliphatic carbocycles. The van der Waals surface area contributed by atoms with Gasteiger partial charge in [-0.05, 0) is 25.1 Å². The molecule has 17 heavy (non-hydrogen) atoms. The number of thiazole rings is 1. The fourth-order valence-electron chi connectivity index (χ4n) is 1.64. The molecule has 0 bridgehead atoms. The summed E-state index contributed by atoms with van der Waals surface area (Å²) in [5.41, 5.74) is 1.02. The summed E-state index contributed by atoms with van der Waals surface area (Å²) >= 11 is 1.56. The fraction of sp³-hybridized carbons (Fsp3) is 0.250. The van der Waals surface area contributed by atoms with Gasteiger partial charge >= 0.3 is 0 Å². The molecule has 1 aliphatic rings. The number of rotatable bonds is 3. The van der Waals surface area contributed by atoms with Crippen molar-refractivity contribution in [3.63, 3.8) is 0 Å². The first kappa shape index (κ1) is 10.4. The van der Waals surface area contributed by atoms with Crippen molar-refractivity contribution in [2.75, 3.05) is 13.4 Å². The zero-order valence-corrected chi connectivity index (χ0v) is 10.1. The van der Waals surface area contributed by atoms with Gasteiger partial charge in [0.2, 0.25) is 12.7 Å². The van der Waals surface area contributed by atoms with E-state index in [1.54, 1.807) is 11.3 Å². The molecule has 0 unspecified atom stereocenters. The molecule has 0 spiro atoms. The van der Waals surface area contributed by atoms with E-state index in [9.17, 15) is 0 Å². The first-order chi connectivity index (χ1) is 8.36. The predicted octanol–water partition coefficient (Wildman–Crippen LogP) is 2.94. The summed E-state index contributed by atoms with van der Waals surface area (Å²) in [5, 5.41) is 2.83. The number of fused-ring (bicyclic) bond motifs is 1. The molecule has 1 aliphatic heterocycles. The SMILES string of the molecule is CCOc1csc(-c2ccc3c(c2)OCO3)n1. The first-order valence-electron chi connectivity index (χ1n) is 5.35. The van der Waals surface area contributed by atoms with Gasteiger partial charge in [-0.15, -0.1) is 11.3 Å². The zero-order valence-electron chi connectivity index (χ0n) is 9.30. The molecular formula is C12H11NO3S. The number of ether oxygens (including phenoxy) is 3. The summed E-state index contributed by atoms with van der Waals surface area (Å²) in [6.45, 7) is 2.87. The van der Waals surface area contributed by atoms with Crippen LogP contribution in [0.2, 0.25) is 0 Å². The van der Waals surface area contributed by atoms with E-state index in [-0.39, 0.29) is 0 Å². The molecule has 2 heterocycles. The van der Waals surface area contributed by atoms with Gasteiger partial charge in [-0.3, -0.25) is 0 Å². The number of hydrogen-bond donors (Lipinski definition) is 0. The van der Waals surface area contributed by atoms with Crippen molar-refractivity contribution in [3.05, 3.63) is 23.6 Å². The Labute approximate surface area is 103 Å². The predicted molar refractivity (Wildman–Crippen MR) is 64.8 cm³/mol. The molecule has 1 aromatic carbocycles. The average molecular weight is 249 g/mol. The van der Waals surface area contributed by atoms with Crippen LogP contribution in [0.4, 0.5) is 0 Å². The summed E-state index contributed by atoms with van der Waals surface area (Å²) in [6, 6.07) is 5.82. The Balaban J connectivity index is 1.92. The van der Waals surface area contributed by atoms with E-state index in [1.807, 2.05) is 30.5 Å². The monoisotopic (exact) mass is 249 g/mol. The van der Waals surface area contributed by atoms with Crippen LogP contribution in [0, 0.1) is 0 Å². The average Bonchev–Trinajstić information content (AvgIpc) is 2.96. The standard InChI is InChI=1S/C12H11NO3S/c1-2-14-11-6-17-12(13-11)8-3-4-9-10(5-8)16-7-15-9/h3-6H,2,7H2,1H3. The number of aromatic nitrogens is 1. The lowest BCUT2D eigenvalue weighted by molar-refractivity contribution is 0.174. The van der Waals surface area contributed by atoms with Gasteiger partial charge in [0.15, 0.2) is 11.5 Å². The third kappa shape index (κ3) is 1.93. The molecule has 0 radical (unpaired) electrons. The molecule has 0 N–H and O–H groups in total. The molecule has 4 nitrogen and oxygen atoms in total. The van der Waals surface area contributed by atoms with Crippen LogP contribution in [0.15, 0.2) is 23.6 Å². The quantitative estimate of drug-likeness (QED) is 0.838. The molecular weight excluding hydrogens is 238 g/mol. The van der Waals surface area contributed by atoms with E-state index >= 15 is 0 Å². The van der Waals surface area contributed by atoms with Gasteiger partial charge in [0.1, 0.15) is 5.01 Å². The Bertz CT molecular complexity index is 538. The van der Waals surface area contributed by atoms with E-state index in [0.717, 1.165) is 22.1 Å². The Hall–Kier alpha value is -1.75. The van der Waals surface area contributed by atoms with Gasteiger partial charge in [0.25, 0.3) is 0 Å². The van der Waals surface area contributed by atoms with Crippen molar-refractivity contribution >= 4 is 11.3 Å². The van der Waals surface area contributed by atoms with Crippen LogP contribution in [-0.2, 0) is 0 Å². The fourth-order valence-corrected chi connectivity index (χ4v) is 2.37. The molecule has 0 amide bonds. The van der Waals surface area contributed by atoms with Crippen LogP contribution in [0.1, 0.15) is 6.92 Å². The van der Waals surface area contributed by atoms with Crippen LogP contribution in [0.3, 0.4) is 0 Å². The minimum absolute atomic E-state index is 0.293. The van der Waals surface area contributed by atoms with Crippen molar-refractivity contribution in [3.8, 4) is 28.0 Å². The smallest absolute Gasteiger partial charge is 0.231 e. The van der Waals surface area contributed by atoms with E-state index in [4.69, 9.17) is 14.2 Å². The van der Waals surface area contributed by atoms with Crippen molar-refractivity contribution in [2.24, 2.45) is 0 Å². The maximum Gasteiger partial charge on any atom is 0.231 e. The van der Waals surface area contributed by atoms with Crippen LogP contribution >= 0.6 is 11.3 Å². The van der Waals surface area contributed by atoms with Gasteiger partial charge in [-0.1, -0.05) is 0 Å². The Morgan fingerprint density at radius 3 is 3.12 bits per heavy atom. The van der Waals surface area contributed by atoms with E-state index in [0.29, 0.717) is 19.3 Å². The van der Waals surface area contributed by atoms with Gasteiger partial charge in [0, 0.05) is 5.56 Å². The lowest BCUT2D eigenvalue weighted by Gasteiger charge is -1.99. The highest BCUT2D eigenvalue weighted by molar-refractivity contribution is 7.13. The maximum atomic E-state index is 5.34. The van der Waals surface area contributed by atoms with Gasteiger partial charge < -0.3 is 14.2 Å². The molecule has 2 aromatic rings. The lowest BCUT2D eigenvalue weighted by Crippen LogP contribution is -1.92. The Morgan fingerprint density at radius 2 is 2.24 bits per heavy atom. The highest BCUT2D eigenvalue weighted by Gasteiger charge is 2.15. The van der Waals surface area contributed by atoms with Gasteiger partial charge in [-0.2, -0.15) is 0 Å². The molecule has 0 fully saturated rings. The first-order valence-corrected chi connectivity index (χ1v) is 6.23. The zero-order chi connectivity index (χ0) is 11.7. The molecule has 5 heteroatoms. The normalized spacial score (nSPS) is 12.8. The summed E-state index contributed by atoms with van der Waals surface area (Å²) in [4.78, 5) is 4.40. The van der Waals surface area contributed by atoms with E-state index < -0.39 is 0 Å². The molecule has 0 atom stereocenters. The van der Waals surface area contributed by atoms with Crippen LogP contribution in [0.5, 0.6) is 17.4 Å². The van der Waals surface area contributed by atoms with Crippen molar-refractivity contribution in [2.45, 2.75) is 6.92 Å². The highest BCUT2D eigenvalue weighted by atomic mass is 32.1. The van der Waals surface area contributed by atoms with Crippen LogP contribution < -0.4 is 14.2 Å². The van der Waals surface area contributed by atoms with E-state index in [2.05, 4.69) is 4.98 Å². The summed E-state index contributed by atoms with van der Waals surface area (Å²) in [6.07, 6.45) is 0.